The first-order valence-corrected chi connectivity index (χ1v) is 11.5. The van der Waals surface area contributed by atoms with Crippen LogP contribution >= 0.6 is 0 Å². The number of amides is 1. The summed E-state index contributed by atoms with van der Waals surface area (Å²) in [5.41, 5.74) is 3.34. The lowest BCUT2D eigenvalue weighted by Crippen LogP contribution is -2.29. The van der Waals surface area contributed by atoms with E-state index in [1.54, 1.807) is 54.9 Å². The van der Waals surface area contributed by atoms with E-state index in [9.17, 15) is 14.7 Å². The zero-order valence-electron chi connectivity index (χ0n) is 19.6. The summed E-state index contributed by atoms with van der Waals surface area (Å²) in [5, 5.41) is 11.2. The Bertz CT molecular complexity index is 1410. The van der Waals surface area contributed by atoms with Crippen LogP contribution in [0.15, 0.2) is 101 Å². The van der Waals surface area contributed by atoms with Gasteiger partial charge in [-0.25, -0.2) is 0 Å². The number of pyridine rings is 1. The summed E-state index contributed by atoms with van der Waals surface area (Å²) in [4.78, 5) is 31.6. The molecule has 0 aliphatic carbocycles. The largest absolute Gasteiger partial charge is 0.507 e. The molecule has 0 bridgehead atoms. The van der Waals surface area contributed by atoms with Crippen LogP contribution in [0, 0.1) is 6.92 Å². The van der Waals surface area contributed by atoms with Crippen molar-refractivity contribution in [3.63, 3.8) is 0 Å². The molecule has 7 heteroatoms. The smallest absolute Gasteiger partial charge is 0.296 e. The predicted molar refractivity (Wildman–Crippen MR) is 133 cm³/mol. The predicted octanol–water partition coefficient (Wildman–Crippen LogP) is 5.18. The van der Waals surface area contributed by atoms with Crippen molar-refractivity contribution in [2.24, 2.45) is 0 Å². The van der Waals surface area contributed by atoms with Gasteiger partial charge in [-0.2, -0.15) is 0 Å². The van der Waals surface area contributed by atoms with E-state index in [2.05, 4.69) is 11.1 Å². The number of carbonyl (C=O) groups excluding carboxylic acids is 2. The molecule has 1 fully saturated rings. The molecule has 0 spiro atoms. The normalized spacial score (nSPS) is 16.9. The Morgan fingerprint density at radius 3 is 2.53 bits per heavy atom. The van der Waals surface area contributed by atoms with E-state index in [-0.39, 0.29) is 17.9 Å². The number of nitrogens with zero attached hydrogens (tertiary/aromatic N) is 2. The van der Waals surface area contributed by atoms with E-state index in [1.807, 2.05) is 31.2 Å². The Hall–Kier alpha value is -4.65. The van der Waals surface area contributed by atoms with Crippen molar-refractivity contribution < 1.29 is 23.8 Å². The summed E-state index contributed by atoms with van der Waals surface area (Å²) in [6, 6.07) is 20.9. The minimum atomic E-state index is -0.863. The third-order valence-corrected chi connectivity index (χ3v) is 6.04. The Labute approximate surface area is 208 Å². The van der Waals surface area contributed by atoms with Crippen LogP contribution in [0.1, 0.15) is 34.1 Å². The first-order valence-electron chi connectivity index (χ1n) is 11.5. The van der Waals surface area contributed by atoms with E-state index >= 15 is 0 Å². The number of rotatable bonds is 7. The average molecular weight is 481 g/mol. The second-order valence-corrected chi connectivity index (χ2v) is 8.61. The first-order chi connectivity index (χ1) is 17.5. The first kappa shape index (κ1) is 23.1. The van der Waals surface area contributed by atoms with Crippen LogP contribution in [0.2, 0.25) is 0 Å². The maximum absolute atomic E-state index is 13.1. The molecule has 5 rings (SSSR count). The maximum Gasteiger partial charge on any atom is 0.296 e. The molecule has 7 nitrogen and oxygen atoms in total. The number of carbonyl (C=O) groups is 2. The highest BCUT2D eigenvalue weighted by atomic mass is 16.5. The second-order valence-electron chi connectivity index (χ2n) is 8.61. The molecule has 0 radical (unpaired) electrons. The molecule has 2 aromatic heterocycles. The number of aliphatic hydroxyl groups excluding tert-OH is 1. The van der Waals surface area contributed by atoms with Crippen LogP contribution < -0.4 is 4.74 Å². The van der Waals surface area contributed by atoms with Crippen molar-refractivity contribution in [3.8, 4) is 5.75 Å². The van der Waals surface area contributed by atoms with E-state index in [0.29, 0.717) is 23.7 Å². The number of ketones is 1. The van der Waals surface area contributed by atoms with Gasteiger partial charge >= 0.3 is 0 Å². The minimum Gasteiger partial charge on any atom is -0.507 e. The summed E-state index contributed by atoms with van der Waals surface area (Å²) in [7, 11) is 0. The van der Waals surface area contributed by atoms with Gasteiger partial charge in [0.25, 0.3) is 11.7 Å². The zero-order valence-corrected chi connectivity index (χ0v) is 19.6. The van der Waals surface area contributed by atoms with Gasteiger partial charge in [0.05, 0.1) is 11.8 Å². The van der Waals surface area contributed by atoms with Gasteiger partial charge in [-0.05, 0) is 60.5 Å². The molecule has 0 unspecified atom stereocenters. The molecule has 1 N–H and O–H groups in total. The fourth-order valence-electron chi connectivity index (χ4n) is 4.31. The van der Waals surface area contributed by atoms with Crippen molar-refractivity contribution in [1.29, 1.82) is 0 Å². The number of benzene rings is 2. The number of ether oxygens (including phenoxy) is 1. The average Bonchev–Trinajstić information content (AvgIpc) is 3.51. The summed E-state index contributed by atoms with van der Waals surface area (Å²) in [5.74, 6) is -0.739. The molecule has 180 valence electrons. The molecular formula is C29H24N2O5. The van der Waals surface area contributed by atoms with Gasteiger partial charge < -0.3 is 19.2 Å². The Kier molecular flexibility index (Phi) is 6.36. The Balaban J connectivity index is 1.43. The summed E-state index contributed by atoms with van der Waals surface area (Å²) < 4.78 is 11.4. The van der Waals surface area contributed by atoms with Crippen LogP contribution in [-0.4, -0.2) is 26.7 Å². The third-order valence-electron chi connectivity index (χ3n) is 6.04. The minimum absolute atomic E-state index is 0.0210. The van der Waals surface area contributed by atoms with Crippen LogP contribution in [0.25, 0.3) is 5.76 Å². The topological polar surface area (TPSA) is 92.9 Å². The number of aryl methyl sites for hydroxylation is 1. The molecule has 3 heterocycles. The van der Waals surface area contributed by atoms with Crippen LogP contribution in [0.5, 0.6) is 5.75 Å². The molecule has 2 aromatic carbocycles. The summed E-state index contributed by atoms with van der Waals surface area (Å²) >= 11 is 0. The van der Waals surface area contributed by atoms with Crippen LogP contribution in [0.4, 0.5) is 0 Å². The summed E-state index contributed by atoms with van der Waals surface area (Å²) in [6.07, 6.45) is 4.74. The maximum atomic E-state index is 13.1. The van der Waals surface area contributed by atoms with Crippen LogP contribution in [0.3, 0.4) is 0 Å². The number of hydrogen-bond donors (Lipinski definition) is 1. The highest BCUT2D eigenvalue weighted by Gasteiger charge is 2.47. The molecular weight excluding hydrogens is 456 g/mol. The van der Waals surface area contributed by atoms with E-state index in [4.69, 9.17) is 9.15 Å². The van der Waals surface area contributed by atoms with Crippen molar-refractivity contribution in [3.05, 3.63) is 125 Å². The molecule has 1 amide bonds. The van der Waals surface area contributed by atoms with E-state index < -0.39 is 17.7 Å². The SMILES string of the molecule is Cc1cccc(COc2ccc(C(O)=C3C(=O)C(=O)N(Cc4cccnc4)[C@H]3c3ccco3)cc2)c1. The molecule has 1 aliphatic heterocycles. The molecule has 1 aliphatic rings. The molecule has 1 saturated heterocycles. The number of likely N-dealkylation sites (tertiary alicyclic amines) is 1. The van der Waals surface area contributed by atoms with Gasteiger partial charge in [-0.15, -0.1) is 0 Å². The van der Waals surface area contributed by atoms with Gasteiger partial charge in [0.2, 0.25) is 0 Å². The second kappa shape index (κ2) is 9.92. The van der Waals surface area contributed by atoms with Gasteiger partial charge in [0, 0.05) is 24.5 Å². The Morgan fingerprint density at radius 1 is 1.03 bits per heavy atom. The monoisotopic (exact) mass is 480 g/mol. The molecule has 0 saturated carbocycles. The standard InChI is InChI=1S/C29H24N2O5/c1-19-5-2-6-20(15-19)18-36-23-11-9-22(10-12-23)27(32)25-26(24-8-4-14-35-24)31(29(34)28(25)33)17-21-7-3-13-30-16-21/h2-16,26,32H,17-18H2,1H3/t26-/m0/s1. The lowest BCUT2D eigenvalue weighted by Gasteiger charge is -2.23. The highest BCUT2D eigenvalue weighted by molar-refractivity contribution is 6.46. The fourth-order valence-corrected chi connectivity index (χ4v) is 4.31. The zero-order chi connectivity index (χ0) is 25.1. The molecule has 1 atom stereocenters. The van der Waals surface area contributed by atoms with E-state index in [1.165, 1.54) is 11.2 Å². The summed E-state index contributed by atoms with van der Waals surface area (Å²) in [6.45, 7) is 2.58. The van der Waals surface area contributed by atoms with Crippen molar-refractivity contribution >= 4 is 17.4 Å². The lowest BCUT2D eigenvalue weighted by atomic mass is 9.99. The number of aromatic nitrogens is 1. The molecule has 36 heavy (non-hydrogen) atoms. The van der Waals surface area contributed by atoms with Crippen molar-refractivity contribution in [1.82, 2.24) is 9.88 Å². The van der Waals surface area contributed by atoms with Gasteiger partial charge in [-0.3, -0.25) is 14.6 Å². The quantitative estimate of drug-likeness (QED) is 0.222. The number of Topliss-reactive ketones (excluding diaryl/α,β-unsaturated/α-hetero) is 1. The van der Waals surface area contributed by atoms with E-state index in [0.717, 1.165) is 16.7 Å². The fraction of sp³-hybridized carbons (Fsp3) is 0.138. The third kappa shape index (κ3) is 4.63. The number of hydrogen-bond acceptors (Lipinski definition) is 6. The molecule has 4 aromatic rings. The Morgan fingerprint density at radius 2 is 1.83 bits per heavy atom. The lowest BCUT2D eigenvalue weighted by molar-refractivity contribution is -0.140. The highest BCUT2D eigenvalue weighted by Crippen LogP contribution is 2.40. The van der Waals surface area contributed by atoms with Crippen LogP contribution in [-0.2, 0) is 22.7 Å². The number of furan rings is 1. The van der Waals surface area contributed by atoms with Gasteiger partial charge in [0.1, 0.15) is 29.9 Å². The van der Waals surface area contributed by atoms with Crippen molar-refractivity contribution in [2.45, 2.75) is 26.1 Å². The van der Waals surface area contributed by atoms with Crippen molar-refractivity contribution in [2.75, 3.05) is 0 Å². The van der Waals surface area contributed by atoms with Gasteiger partial charge in [-0.1, -0.05) is 35.9 Å². The van der Waals surface area contributed by atoms with Gasteiger partial charge in [0.15, 0.2) is 0 Å². The number of aliphatic hydroxyl groups is 1.